The van der Waals surface area contributed by atoms with Crippen LogP contribution >= 0.6 is 0 Å². The zero-order valence-corrected chi connectivity index (χ0v) is 22.5. The number of rotatable bonds is 4. The summed E-state index contributed by atoms with van der Waals surface area (Å²) in [5.74, 6) is 8.54. The van der Waals surface area contributed by atoms with Crippen LogP contribution in [0.5, 0.6) is 0 Å². The van der Waals surface area contributed by atoms with E-state index in [1.165, 1.54) is 5.57 Å². The molecule has 30 heavy (non-hydrogen) atoms. The second-order valence-electron chi connectivity index (χ2n) is 12.1. The van der Waals surface area contributed by atoms with Crippen LogP contribution in [-0.4, -0.2) is 20.2 Å². The summed E-state index contributed by atoms with van der Waals surface area (Å²) in [6.07, 6.45) is 5.34. The molecular formula is C27H46O2Si. The number of carbonyl (C=O) groups excluding carboxylic acids is 1. The van der Waals surface area contributed by atoms with Crippen LogP contribution in [-0.2, 0) is 9.22 Å². The molecule has 0 bridgehead atoms. The summed E-state index contributed by atoms with van der Waals surface area (Å²) in [6.45, 7) is 24.9. The van der Waals surface area contributed by atoms with Gasteiger partial charge < -0.3 is 4.43 Å². The van der Waals surface area contributed by atoms with Crippen molar-refractivity contribution in [1.29, 1.82) is 0 Å². The Bertz CT molecular complexity index is 728. The molecule has 2 nitrogen and oxygen atoms in total. The number of hydrogen-bond acceptors (Lipinski definition) is 2. The lowest BCUT2D eigenvalue weighted by Gasteiger charge is -2.60. The highest BCUT2D eigenvalue weighted by Gasteiger charge is 2.60. The van der Waals surface area contributed by atoms with Gasteiger partial charge in [0.25, 0.3) is 0 Å². The molecule has 0 spiro atoms. The third kappa shape index (κ3) is 4.65. The van der Waals surface area contributed by atoms with Gasteiger partial charge in [0.15, 0.2) is 8.32 Å². The molecule has 0 unspecified atom stereocenters. The average Bonchev–Trinajstić information content (AvgIpc) is 2.59. The van der Waals surface area contributed by atoms with Crippen molar-refractivity contribution < 1.29 is 9.22 Å². The first kappa shape index (κ1) is 25.4. The molecule has 2 rings (SSSR count). The van der Waals surface area contributed by atoms with Gasteiger partial charge in [-0.1, -0.05) is 59.1 Å². The van der Waals surface area contributed by atoms with Crippen molar-refractivity contribution in [3.05, 3.63) is 11.6 Å². The maximum atomic E-state index is 13.1. The third-order valence-electron chi connectivity index (χ3n) is 8.77. The van der Waals surface area contributed by atoms with Crippen LogP contribution in [0.25, 0.3) is 0 Å². The lowest BCUT2D eigenvalue weighted by molar-refractivity contribution is -0.156. The maximum absolute atomic E-state index is 13.1. The number of hydrogen-bond donors (Lipinski definition) is 0. The van der Waals surface area contributed by atoms with Crippen LogP contribution in [0, 0.1) is 46.8 Å². The first-order valence-electron chi connectivity index (χ1n) is 11.9. The van der Waals surface area contributed by atoms with Crippen LogP contribution in [0.15, 0.2) is 11.6 Å². The Morgan fingerprint density at radius 3 is 2.37 bits per heavy atom. The molecule has 0 aromatic rings. The molecule has 2 aliphatic rings. The van der Waals surface area contributed by atoms with Gasteiger partial charge in [-0.3, -0.25) is 4.79 Å². The van der Waals surface area contributed by atoms with E-state index in [-0.39, 0.29) is 34.3 Å². The number of fused-ring (bicyclic) bond motifs is 1. The lowest BCUT2D eigenvalue weighted by atomic mass is 9.45. The molecule has 2 saturated carbocycles. The van der Waals surface area contributed by atoms with E-state index in [9.17, 15) is 4.79 Å². The fourth-order valence-electron chi connectivity index (χ4n) is 5.89. The second-order valence-corrected chi connectivity index (χ2v) is 16.8. The molecule has 0 heterocycles. The molecule has 0 aliphatic heterocycles. The molecule has 0 radical (unpaired) electrons. The van der Waals surface area contributed by atoms with Crippen molar-refractivity contribution in [3.8, 4) is 11.8 Å². The number of ketones is 1. The maximum Gasteiger partial charge on any atom is 0.192 e. The van der Waals surface area contributed by atoms with E-state index in [1.54, 1.807) is 0 Å². The van der Waals surface area contributed by atoms with Crippen LogP contribution in [0.2, 0.25) is 18.1 Å². The van der Waals surface area contributed by atoms with Crippen molar-refractivity contribution in [1.82, 2.24) is 0 Å². The van der Waals surface area contributed by atoms with E-state index in [1.807, 2.05) is 6.92 Å². The van der Waals surface area contributed by atoms with Gasteiger partial charge in [-0.25, -0.2) is 0 Å². The summed E-state index contributed by atoms with van der Waals surface area (Å²) < 4.78 is 7.06. The van der Waals surface area contributed by atoms with Gasteiger partial charge in [-0.05, 0) is 74.9 Å². The molecule has 0 N–H and O–H groups in total. The third-order valence-corrected chi connectivity index (χ3v) is 13.3. The molecule has 2 aliphatic carbocycles. The quantitative estimate of drug-likeness (QED) is 0.266. The first-order valence-corrected chi connectivity index (χ1v) is 14.8. The minimum Gasteiger partial charge on any atom is -0.414 e. The van der Waals surface area contributed by atoms with Crippen LogP contribution in [0.1, 0.15) is 81.6 Å². The SMILES string of the molecule is CC#C[C@@H]1[C@H](C)C(=O)C[C@H]2[C@@H](O[Si](C)(C)C(C)(C)C)C[C@H](C)[C@@H](CC=C(C)C)[C@]12C. The monoisotopic (exact) mass is 430 g/mol. The van der Waals surface area contributed by atoms with Gasteiger partial charge in [0.1, 0.15) is 5.78 Å². The van der Waals surface area contributed by atoms with Crippen LogP contribution in [0.4, 0.5) is 0 Å². The molecular weight excluding hydrogens is 384 g/mol. The summed E-state index contributed by atoms with van der Waals surface area (Å²) in [5.41, 5.74) is 1.37. The predicted molar refractivity (Wildman–Crippen MR) is 131 cm³/mol. The summed E-state index contributed by atoms with van der Waals surface area (Å²) in [6, 6.07) is 0. The van der Waals surface area contributed by atoms with E-state index in [0.717, 1.165) is 12.8 Å². The summed E-state index contributed by atoms with van der Waals surface area (Å²) in [5, 5.41) is 0.167. The molecule has 0 aromatic heterocycles. The Hall–Kier alpha value is -0.853. The highest BCUT2D eigenvalue weighted by molar-refractivity contribution is 6.74. The predicted octanol–water partition coefficient (Wildman–Crippen LogP) is 7.26. The number of allylic oxidation sites excluding steroid dienone is 2. The highest BCUT2D eigenvalue weighted by Crippen LogP contribution is 2.60. The van der Waals surface area contributed by atoms with Gasteiger partial charge in [0.05, 0.1) is 0 Å². The minimum atomic E-state index is -1.93. The van der Waals surface area contributed by atoms with Crippen molar-refractivity contribution in [2.24, 2.45) is 35.0 Å². The fourth-order valence-corrected chi connectivity index (χ4v) is 7.26. The normalized spacial score (nSPS) is 37.1. The Balaban J connectivity index is 2.57. The van der Waals surface area contributed by atoms with Crippen LogP contribution in [0.3, 0.4) is 0 Å². The van der Waals surface area contributed by atoms with Gasteiger partial charge in [-0.2, -0.15) is 0 Å². The highest BCUT2D eigenvalue weighted by atomic mass is 28.4. The Morgan fingerprint density at radius 2 is 1.87 bits per heavy atom. The lowest BCUT2D eigenvalue weighted by Crippen LogP contribution is -2.61. The van der Waals surface area contributed by atoms with Gasteiger partial charge >= 0.3 is 0 Å². The smallest absolute Gasteiger partial charge is 0.192 e. The molecule has 170 valence electrons. The largest absolute Gasteiger partial charge is 0.414 e. The van der Waals surface area contributed by atoms with E-state index < -0.39 is 8.32 Å². The first-order chi connectivity index (χ1) is 13.7. The molecule has 0 saturated heterocycles. The van der Waals surface area contributed by atoms with E-state index in [2.05, 4.69) is 86.4 Å². The topological polar surface area (TPSA) is 26.3 Å². The van der Waals surface area contributed by atoms with E-state index in [4.69, 9.17) is 4.43 Å². The molecule has 7 atom stereocenters. The number of carbonyl (C=O) groups is 1. The van der Waals surface area contributed by atoms with Crippen molar-refractivity contribution in [3.63, 3.8) is 0 Å². The van der Waals surface area contributed by atoms with Gasteiger partial charge in [-0.15, -0.1) is 5.92 Å². The average molecular weight is 431 g/mol. The molecule has 2 fully saturated rings. The standard InChI is InChI=1S/C27H46O2Si/c1-12-13-22-20(5)24(28)17-23-25(29-30(10,11)26(6,7)8)16-19(4)21(27(22,23)9)15-14-18(2)3/h14,19-23,25H,15-17H2,1-11H3/t19-,20-,21+,22+,23-,25-,27+/m0/s1. The van der Waals surface area contributed by atoms with Gasteiger partial charge in [0.2, 0.25) is 0 Å². The Labute approximate surface area is 187 Å². The van der Waals surface area contributed by atoms with Crippen LogP contribution < -0.4 is 0 Å². The Kier molecular flexibility index (Phi) is 7.58. The summed E-state index contributed by atoms with van der Waals surface area (Å²) in [4.78, 5) is 13.1. The van der Waals surface area contributed by atoms with Crippen molar-refractivity contribution in [2.75, 3.05) is 0 Å². The zero-order chi connectivity index (χ0) is 23.1. The molecule has 0 aromatic carbocycles. The van der Waals surface area contributed by atoms with E-state index in [0.29, 0.717) is 24.0 Å². The molecule has 0 amide bonds. The van der Waals surface area contributed by atoms with Gasteiger partial charge in [0, 0.05) is 24.4 Å². The van der Waals surface area contributed by atoms with Crippen molar-refractivity contribution >= 4 is 14.1 Å². The zero-order valence-electron chi connectivity index (χ0n) is 21.5. The minimum absolute atomic E-state index is 0.00623. The summed E-state index contributed by atoms with van der Waals surface area (Å²) >= 11 is 0. The fraction of sp³-hybridized carbons (Fsp3) is 0.815. The molecule has 3 heteroatoms. The van der Waals surface area contributed by atoms with E-state index >= 15 is 0 Å². The second kappa shape index (κ2) is 8.95. The summed E-state index contributed by atoms with van der Waals surface area (Å²) in [7, 11) is -1.93. The Morgan fingerprint density at radius 1 is 1.27 bits per heavy atom. The number of Topliss-reactive ketones (excluding diaryl/α,β-unsaturated/α-hetero) is 1. The van der Waals surface area contributed by atoms with Crippen molar-refractivity contribution in [2.45, 2.75) is 106 Å².